The van der Waals surface area contributed by atoms with E-state index in [0.717, 1.165) is 16.9 Å². The van der Waals surface area contributed by atoms with Gasteiger partial charge in [0.2, 0.25) is 0 Å². The van der Waals surface area contributed by atoms with E-state index in [4.69, 9.17) is 4.74 Å². The minimum atomic E-state index is -3.75. The summed E-state index contributed by atoms with van der Waals surface area (Å²) >= 11 is 0. The number of carbonyl (C=O) groups is 1. The van der Waals surface area contributed by atoms with Crippen molar-refractivity contribution < 1.29 is 17.9 Å². The molecule has 0 unspecified atom stereocenters. The van der Waals surface area contributed by atoms with Gasteiger partial charge in [-0.15, -0.1) is 0 Å². The molecule has 3 rings (SSSR count). The molecule has 1 atom stereocenters. The number of hydrogen-bond donors (Lipinski definition) is 2. The standard InChI is InChI=1S/C25H29N3O4S/c1-18-8-14-23(15-9-18)33(30,31)27-21-7-5-6-20(16-21)25(29)26-17-24(28(2)3)19-10-12-22(32-4)13-11-19/h5-16,24,27H,17H2,1-4H3,(H,26,29)/t24-/m0/s1. The van der Waals surface area contributed by atoms with Gasteiger partial charge in [0.1, 0.15) is 5.75 Å². The minimum Gasteiger partial charge on any atom is -0.497 e. The first-order chi connectivity index (χ1) is 15.7. The summed E-state index contributed by atoms with van der Waals surface area (Å²) in [6, 6.07) is 20.7. The predicted molar refractivity (Wildman–Crippen MR) is 130 cm³/mol. The van der Waals surface area contributed by atoms with Crippen LogP contribution in [-0.4, -0.2) is 47.0 Å². The molecule has 2 N–H and O–H groups in total. The minimum absolute atomic E-state index is 0.0388. The van der Waals surface area contributed by atoms with Gasteiger partial charge in [-0.05, 0) is 69.0 Å². The molecule has 0 saturated heterocycles. The van der Waals surface area contributed by atoms with Gasteiger partial charge in [0.05, 0.1) is 18.0 Å². The monoisotopic (exact) mass is 467 g/mol. The zero-order valence-electron chi connectivity index (χ0n) is 19.2. The third-order valence-electron chi connectivity index (χ3n) is 5.29. The van der Waals surface area contributed by atoms with Crippen molar-refractivity contribution in [2.45, 2.75) is 17.9 Å². The SMILES string of the molecule is COc1ccc([C@H](CNC(=O)c2cccc(NS(=O)(=O)c3ccc(C)cc3)c2)N(C)C)cc1. The van der Waals surface area contributed by atoms with Gasteiger partial charge in [-0.3, -0.25) is 9.52 Å². The van der Waals surface area contributed by atoms with E-state index in [9.17, 15) is 13.2 Å². The highest BCUT2D eigenvalue weighted by Crippen LogP contribution is 2.21. The van der Waals surface area contributed by atoms with Gasteiger partial charge in [0, 0.05) is 17.8 Å². The summed E-state index contributed by atoms with van der Waals surface area (Å²) in [6.07, 6.45) is 0. The smallest absolute Gasteiger partial charge is 0.261 e. The molecule has 7 nitrogen and oxygen atoms in total. The van der Waals surface area contributed by atoms with Crippen LogP contribution in [0.1, 0.15) is 27.5 Å². The maximum atomic E-state index is 12.8. The second-order valence-corrected chi connectivity index (χ2v) is 9.64. The Kier molecular flexibility index (Phi) is 7.73. The van der Waals surface area contributed by atoms with Crippen LogP contribution in [-0.2, 0) is 10.0 Å². The van der Waals surface area contributed by atoms with Crippen molar-refractivity contribution in [2.24, 2.45) is 0 Å². The summed E-state index contributed by atoms with van der Waals surface area (Å²) in [6.45, 7) is 2.28. The van der Waals surface area contributed by atoms with Crippen LogP contribution in [0.3, 0.4) is 0 Å². The first-order valence-electron chi connectivity index (χ1n) is 10.5. The highest BCUT2D eigenvalue weighted by Gasteiger charge is 2.18. The van der Waals surface area contributed by atoms with Gasteiger partial charge in [0.15, 0.2) is 0 Å². The van der Waals surface area contributed by atoms with Gasteiger partial charge < -0.3 is 15.0 Å². The molecule has 0 fully saturated rings. The molecule has 174 valence electrons. The topological polar surface area (TPSA) is 87.7 Å². The molecule has 0 heterocycles. The first-order valence-corrected chi connectivity index (χ1v) is 12.0. The van der Waals surface area contributed by atoms with Gasteiger partial charge in [-0.2, -0.15) is 0 Å². The number of likely N-dealkylation sites (N-methyl/N-ethyl adjacent to an activating group) is 1. The number of benzene rings is 3. The Hall–Kier alpha value is -3.36. The van der Waals surface area contributed by atoms with E-state index in [-0.39, 0.29) is 16.8 Å². The molecule has 0 saturated carbocycles. The number of ether oxygens (including phenoxy) is 1. The maximum absolute atomic E-state index is 12.8. The normalized spacial score (nSPS) is 12.3. The van der Waals surface area contributed by atoms with Gasteiger partial charge in [0.25, 0.3) is 15.9 Å². The largest absolute Gasteiger partial charge is 0.497 e. The van der Waals surface area contributed by atoms with Crippen molar-refractivity contribution in [3.05, 3.63) is 89.5 Å². The van der Waals surface area contributed by atoms with Crippen molar-refractivity contribution in [3.63, 3.8) is 0 Å². The van der Waals surface area contributed by atoms with Crippen LogP contribution in [0.2, 0.25) is 0 Å². The average Bonchev–Trinajstić information content (AvgIpc) is 2.79. The zero-order chi connectivity index (χ0) is 24.0. The van der Waals surface area contributed by atoms with E-state index in [1.807, 2.05) is 50.2 Å². The number of carbonyl (C=O) groups excluding carboxylic acids is 1. The molecule has 0 bridgehead atoms. The summed E-state index contributed by atoms with van der Waals surface area (Å²) in [7, 11) is 1.76. The van der Waals surface area contributed by atoms with E-state index < -0.39 is 10.0 Å². The third-order valence-corrected chi connectivity index (χ3v) is 6.69. The van der Waals surface area contributed by atoms with Crippen LogP contribution in [0.4, 0.5) is 5.69 Å². The Morgan fingerprint density at radius 3 is 2.27 bits per heavy atom. The molecule has 8 heteroatoms. The molecule has 0 aliphatic heterocycles. The first kappa shape index (κ1) is 24.3. The Morgan fingerprint density at radius 1 is 1.00 bits per heavy atom. The molecule has 0 spiro atoms. The summed E-state index contributed by atoms with van der Waals surface area (Å²) in [5.41, 5.74) is 2.70. The number of sulfonamides is 1. The van der Waals surface area contributed by atoms with Crippen molar-refractivity contribution in [2.75, 3.05) is 32.5 Å². The Balaban J connectivity index is 1.70. The number of anilines is 1. The third kappa shape index (κ3) is 6.34. The fraction of sp³-hybridized carbons (Fsp3) is 0.240. The van der Waals surface area contributed by atoms with Crippen molar-refractivity contribution in [1.82, 2.24) is 10.2 Å². The lowest BCUT2D eigenvalue weighted by molar-refractivity contribution is 0.0942. The second-order valence-electron chi connectivity index (χ2n) is 7.96. The van der Waals surface area contributed by atoms with Crippen LogP contribution in [0.5, 0.6) is 5.75 Å². The van der Waals surface area contributed by atoms with E-state index in [2.05, 4.69) is 10.0 Å². The van der Waals surface area contributed by atoms with Crippen molar-refractivity contribution in [1.29, 1.82) is 0 Å². The lowest BCUT2D eigenvalue weighted by Crippen LogP contribution is -2.34. The Labute approximate surface area is 195 Å². The van der Waals surface area contributed by atoms with Crippen LogP contribution in [0.25, 0.3) is 0 Å². The number of aryl methyl sites for hydroxylation is 1. The summed E-state index contributed by atoms with van der Waals surface area (Å²) in [4.78, 5) is 15.0. The lowest BCUT2D eigenvalue weighted by atomic mass is 10.1. The summed E-state index contributed by atoms with van der Waals surface area (Å²) < 4.78 is 33.1. The molecule has 0 radical (unpaired) electrons. The summed E-state index contributed by atoms with van der Waals surface area (Å²) in [5.74, 6) is 0.483. The molecule has 0 aliphatic rings. The molecule has 0 aliphatic carbocycles. The molecule has 1 amide bonds. The second kappa shape index (κ2) is 10.5. The number of rotatable bonds is 9. The van der Waals surface area contributed by atoms with Crippen LogP contribution in [0, 0.1) is 6.92 Å². The fourth-order valence-corrected chi connectivity index (χ4v) is 4.42. The van der Waals surface area contributed by atoms with Crippen molar-refractivity contribution in [3.8, 4) is 5.75 Å². The molecule has 3 aromatic rings. The van der Waals surface area contributed by atoms with E-state index in [1.54, 1.807) is 49.6 Å². The lowest BCUT2D eigenvalue weighted by Gasteiger charge is -2.25. The number of nitrogens with zero attached hydrogens (tertiary/aromatic N) is 1. The quantitative estimate of drug-likeness (QED) is 0.499. The maximum Gasteiger partial charge on any atom is 0.261 e. The molecule has 3 aromatic carbocycles. The number of methoxy groups -OCH3 is 1. The van der Waals surface area contributed by atoms with E-state index >= 15 is 0 Å². The summed E-state index contributed by atoms with van der Waals surface area (Å²) in [5, 5.41) is 2.95. The van der Waals surface area contributed by atoms with Crippen molar-refractivity contribution >= 4 is 21.6 Å². The van der Waals surface area contributed by atoms with Crippen LogP contribution < -0.4 is 14.8 Å². The molecule has 0 aromatic heterocycles. The highest BCUT2D eigenvalue weighted by atomic mass is 32.2. The number of nitrogens with one attached hydrogen (secondary N) is 2. The predicted octanol–water partition coefficient (Wildman–Crippen LogP) is 3.84. The Bertz CT molecular complexity index is 1190. The fourth-order valence-electron chi connectivity index (χ4n) is 3.37. The van der Waals surface area contributed by atoms with Gasteiger partial charge in [-0.1, -0.05) is 35.9 Å². The van der Waals surface area contributed by atoms with Crippen LogP contribution >= 0.6 is 0 Å². The average molecular weight is 468 g/mol. The van der Waals surface area contributed by atoms with Gasteiger partial charge >= 0.3 is 0 Å². The Morgan fingerprint density at radius 2 is 1.67 bits per heavy atom. The van der Waals surface area contributed by atoms with Gasteiger partial charge in [-0.25, -0.2) is 8.42 Å². The number of hydrogen-bond acceptors (Lipinski definition) is 5. The molecule has 33 heavy (non-hydrogen) atoms. The highest BCUT2D eigenvalue weighted by molar-refractivity contribution is 7.92. The van der Waals surface area contributed by atoms with E-state index in [1.165, 1.54) is 6.07 Å². The van der Waals surface area contributed by atoms with E-state index in [0.29, 0.717) is 17.8 Å². The molecular weight excluding hydrogens is 438 g/mol. The zero-order valence-corrected chi connectivity index (χ0v) is 20.0. The molecular formula is C25H29N3O4S. The number of amides is 1. The van der Waals surface area contributed by atoms with Crippen LogP contribution in [0.15, 0.2) is 77.7 Å².